The number of benzene rings is 2. The molecule has 4 heteroatoms. The number of methoxy groups -OCH3 is 1. The first-order valence-corrected chi connectivity index (χ1v) is 7.87. The molecular weight excluding hydrogens is 506 g/mol. The topological polar surface area (TPSA) is 9.23 Å². The average Bonchev–Trinajstić information content (AvgIpc) is 2.30. The first-order chi connectivity index (χ1) is 8.15. The van der Waals surface area contributed by atoms with Crippen molar-refractivity contribution >= 4 is 61.1 Å². The normalized spacial score (nSPS) is 10.4. The summed E-state index contributed by atoms with van der Waals surface area (Å²) >= 11 is 8.31. The van der Waals surface area contributed by atoms with Crippen molar-refractivity contribution in [2.45, 2.75) is 0 Å². The minimum atomic E-state index is 0.904. The Labute approximate surface area is 136 Å². The average molecular weight is 515 g/mol. The molecule has 0 heterocycles. The molecule has 0 bridgehead atoms. The number of rotatable bonds is 2. The van der Waals surface area contributed by atoms with Crippen LogP contribution in [-0.2, 0) is 0 Å². The van der Waals surface area contributed by atoms with Gasteiger partial charge in [-0.05, 0) is 69.4 Å². The predicted octanol–water partition coefficient (Wildman–Crippen LogP) is 5.33. The zero-order valence-corrected chi connectivity index (χ0v) is 14.9. The van der Waals surface area contributed by atoms with E-state index < -0.39 is 0 Å². The third-order valence-corrected chi connectivity index (χ3v) is 4.87. The van der Waals surface area contributed by atoms with Crippen LogP contribution in [0.25, 0.3) is 11.1 Å². The second-order valence-electron chi connectivity index (χ2n) is 3.41. The molecule has 0 N–H and O–H groups in total. The largest absolute Gasteiger partial charge is 0.496 e. The molecule has 0 saturated carbocycles. The molecule has 0 aliphatic carbocycles. The molecule has 0 aliphatic rings. The molecule has 2 aromatic rings. The fraction of sp³-hybridized carbons (Fsp3) is 0.0769. The van der Waals surface area contributed by atoms with Crippen LogP contribution in [0.2, 0.25) is 0 Å². The van der Waals surface area contributed by atoms with Gasteiger partial charge in [-0.15, -0.1) is 0 Å². The van der Waals surface area contributed by atoms with Crippen LogP contribution in [0.15, 0.2) is 40.9 Å². The van der Waals surface area contributed by atoms with E-state index in [0.29, 0.717) is 0 Å². The van der Waals surface area contributed by atoms with Gasteiger partial charge < -0.3 is 4.74 Å². The molecule has 0 amide bonds. The third-order valence-electron chi connectivity index (χ3n) is 2.41. The molecule has 0 atom stereocenters. The molecule has 2 aromatic carbocycles. The van der Waals surface area contributed by atoms with E-state index in [9.17, 15) is 0 Å². The van der Waals surface area contributed by atoms with Crippen LogP contribution in [0, 0.1) is 7.14 Å². The fourth-order valence-electron chi connectivity index (χ4n) is 1.65. The van der Waals surface area contributed by atoms with Gasteiger partial charge in [-0.1, -0.05) is 28.1 Å². The highest BCUT2D eigenvalue weighted by Gasteiger charge is 2.15. The van der Waals surface area contributed by atoms with E-state index >= 15 is 0 Å². The van der Waals surface area contributed by atoms with Crippen LogP contribution >= 0.6 is 61.1 Å². The Morgan fingerprint density at radius 3 is 2.12 bits per heavy atom. The summed E-state index contributed by atoms with van der Waals surface area (Å²) in [6.07, 6.45) is 0. The number of hydrogen-bond acceptors (Lipinski definition) is 1. The van der Waals surface area contributed by atoms with Gasteiger partial charge in [0.1, 0.15) is 5.75 Å². The molecule has 0 aromatic heterocycles. The van der Waals surface area contributed by atoms with Crippen LogP contribution in [-0.4, -0.2) is 7.11 Å². The fourth-order valence-corrected chi connectivity index (χ4v) is 4.10. The summed E-state index contributed by atoms with van der Waals surface area (Å²) in [5.41, 5.74) is 2.34. The summed E-state index contributed by atoms with van der Waals surface area (Å²) in [6.45, 7) is 0. The monoisotopic (exact) mass is 514 g/mol. The number of halogens is 3. The van der Waals surface area contributed by atoms with E-state index in [0.717, 1.165) is 15.8 Å². The van der Waals surface area contributed by atoms with E-state index in [1.54, 1.807) is 7.11 Å². The molecule has 0 spiro atoms. The molecular formula is C13H9BrI2O. The van der Waals surface area contributed by atoms with Gasteiger partial charge in [0.05, 0.1) is 7.11 Å². The lowest BCUT2D eigenvalue weighted by Gasteiger charge is -2.13. The number of ether oxygens (including phenoxy) is 1. The minimum Gasteiger partial charge on any atom is -0.496 e. The van der Waals surface area contributed by atoms with Gasteiger partial charge in [-0.2, -0.15) is 0 Å². The van der Waals surface area contributed by atoms with Crippen LogP contribution in [0.3, 0.4) is 0 Å². The third kappa shape index (κ3) is 2.78. The van der Waals surface area contributed by atoms with Gasteiger partial charge in [0.15, 0.2) is 0 Å². The van der Waals surface area contributed by atoms with Crippen molar-refractivity contribution in [3.05, 3.63) is 48.0 Å². The van der Waals surface area contributed by atoms with Gasteiger partial charge in [0, 0.05) is 22.7 Å². The van der Waals surface area contributed by atoms with Crippen molar-refractivity contribution in [3.8, 4) is 16.9 Å². The van der Waals surface area contributed by atoms with Crippen LogP contribution in [0.1, 0.15) is 0 Å². The summed E-state index contributed by atoms with van der Waals surface area (Å²) in [5.74, 6) is 0.904. The van der Waals surface area contributed by atoms with Crippen molar-refractivity contribution in [2.24, 2.45) is 0 Å². The van der Waals surface area contributed by atoms with Crippen molar-refractivity contribution in [3.63, 3.8) is 0 Å². The molecule has 17 heavy (non-hydrogen) atoms. The highest BCUT2D eigenvalue weighted by Crippen LogP contribution is 2.40. The zero-order valence-electron chi connectivity index (χ0n) is 9.01. The molecule has 0 saturated heterocycles. The molecule has 2 rings (SSSR count). The maximum atomic E-state index is 5.46. The summed E-state index contributed by atoms with van der Waals surface area (Å²) in [7, 11) is 1.71. The van der Waals surface area contributed by atoms with Gasteiger partial charge in [0.25, 0.3) is 0 Å². The second-order valence-corrected chi connectivity index (χ2v) is 6.59. The Hall–Kier alpha value is 0.180. The molecule has 0 fully saturated rings. The van der Waals surface area contributed by atoms with Gasteiger partial charge in [0.2, 0.25) is 0 Å². The maximum Gasteiger partial charge on any atom is 0.127 e. The lowest BCUT2D eigenvalue weighted by atomic mass is 10.0. The van der Waals surface area contributed by atoms with E-state index in [-0.39, 0.29) is 0 Å². The SMILES string of the molecule is COc1cccc(I)c1-c1c(Br)cccc1I. The first-order valence-electron chi connectivity index (χ1n) is 4.92. The van der Waals surface area contributed by atoms with Crippen molar-refractivity contribution in [2.75, 3.05) is 7.11 Å². The van der Waals surface area contributed by atoms with Gasteiger partial charge >= 0.3 is 0 Å². The van der Waals surface area contributed by atoms with Gasteiger partial charge in [-0.25, -0.2) is 0 Å². The summed E-state index contributed by atoms with van der Waals surface area (Å²) < 4.78 is 8.95. The Bertz CT molecular complexity index is 535. The Morgan fingerprint density at radius 2 is 1.53 bits per heavy atom. The van der Waals surface area contributed by atoms with Crippen LogP contribution in [0.5, 0.6) is 5.75 Å². The summed E-state index contributed by atoms with van der Waals surface area (Å²) in [6, 6.07) is 12.3. The summed E-state index contributed by atoms with van der Waals surface area (Å²) in [4.78, 5) is 0. The standard InChI is InChI=1S/C13H9BrI2O/c1-17-11-7-3-6-10(16)13(11)12-8(14)4-2-5-9(12)15/h2-7H,1H3. The Morgan fingerprint density at radius 1 is 0.941 bits per heavy atom. The van der Waals surface area contributed by atoms with Crippen LogP contribution < -0.4 is 4.74 Å². The van der Waals surface area contributed by atoms with Gasteiger partial charge in [-0.3, -0.25) is 0 Å². The predicted molar refractivity (Wildman–Crippen MR) is 91.6 cm³/mol. The van der Waals surface area contributed by atoms with Crippen molar-refractivity contribution < 1.29 is 4.74 Å². The minimum absolute atomic E-state index is 0.904. The van der Waals surface area contributed by atoms with E-state index in [4.69, 9.17) is 4.74 Å². The zero-order chi connectivity index (χ0) is 12.4. The second kappa shape index (κ2) is 5.88. The maximum absolute atomic E-state index is 5.46. The molecule has 88 valence electrons. The van der Waals surface area contributed by atoms with E-state index in [1.807, 2.05) is 18.2 Å². The van der Waals surface area contributed by atoms with Crippen LogP contribution in [0.4, 0.5) is 0 Å². The highest BCUT2D eigenvalue weighted by atomic mass is 127. The Kier molecular flexibility index (Phi) is 4.71. The molecule has 0 unspecified atom stereocenters. The molecule has 1 nitrogen and oxygen atoms in total. The first kappa shape index (κ1) is 13.6. The highest BCUT2D eigenvalue weighted by molar-refractivity contribution is 14.1. The molecule has 0 radical (unpaired) electrons. The molecule has 0 aliphatic heterocycles. The van der Waals surface area contributed by atoms with Crippen molar-refractivity contribution in [1.82, 2.24) is 0 Å². The quantitative estimate of drug-likeness (QED) is 0.492. The Balaban J connectivity index is 2.76. The number of hydrogen-bond donors (Lipinski definition) is 0. The summed E-state index contributed by atoms with van der Waals surface area (Å²) in [5, 5.41) is 0. The lowest BCUT2D eigenvalue weighted by molar-refractivity contribution is 0.416. The van der Waals surface area contributed by atoms with E-state index in [1.165, 1.54) is 12.7 Å². The lowest BCUT2D eigenvalue weighted by Crippen LogP contribution is -1.93. The van der Waals surface area contributed by atoms with Crippen molar-refractivity contribution in [1.29, 1.82) is 0 Å². The van der Waals surface area contributed by atoms with E-state index in [2.05, 4.69) is 79.3 Å². The smallest absolute Gasteiger partial charge is 0.127 e.